The summed E-state index contributed by atoms with van der Waals surface area (Å²) in [5.74, 6) is -0.399. The van der Waals surface area contributed by atoms with E-state index in [1.54, 1.807) is 23.4 Å². The van der Waals surface area contributed by atoms with Crippen molar-refractivity contribution in [1.29, 1.82) is 0 Å². The lowest BCUT2D eigenvalue weighted by Gasteiger charge is -2.18. The van der Waals surface area contributed by atoms with E-state index in [1.807, 2.05) is 31.2 Å². The summed E-state index contributed by atoms with van der Waals surface area (Å²) in [5, 5.41) is 2.65. The summed E-state index contributed by atoms with van der Waals surface area (Å²) in [4.78, 5) is 34.1. The average molecular weight is 296 g/mol. The van der Waals surface area contributed by atoms with Crippen molar-refractivity contribution in [2.24, 2.45) is 5.92 Å². The van der Waals surface area contributed by atoms with Crippen LogP contribution in [0.1, 0.15) is 12.0 Å². The summed E-state index contributed by atoms with van der Waals surface area (Å²) in [6.07, 6.45) is 3.32. The molecule has 112 valence electrons. The standard InChI is InChI=1S/C16H16N4O2/c1-11-5-2-3-6-13(11)20-10-12(9-14(20)21)15(22)19-16-17-7-4-8-18-16/h2-8,12H,9-10H2,1H3,(H,17,18,19,22)/t12-/m0/s1. The molecule has 1 aliphatic rings. The Morgan fingerprint density at radius 1 is 1.23 bits per heavy atom. The SMILES string of the molecule is Cc1ccccc1N1C[C@@H](C(=O)Nc2ncccn2)CC1=O. The van der Waals surface area contributed by atoms with Crippen LogP contribution < -0.4 is 10.2 Å². The van der Waals surface area contributed by atoms with Gasteiger partial charge in [-0.2, -0.15) is 0 Å². The van der Waals surface area contributed by atoms with Gasteiger partial charge in [-0.1, -0.05) is 18.2 Å². The predicted molar refractivity (Wildman–Crippen MR) is 82.3 cm³/mol. The molecule has 1 aromatic heterocycles. The average Bonchev–Trinajstić information content (AvgIpc) is 2.91. The highest BCUT2D eigenvalue weighted by Crippen LogP contribution is 2.28. The van der Waals surface area contributed by atoms with Crippen molar-refractivity contribution in [2.45, 2.75) is 13.3 Å². The number of aryl methyl sites for hydroxylation is 1. The van der Waals surface area contributed by atoms with E-state index in [4.69, 9.17) is 0 Å². The Bertz CT molecular complexity index is 702. The molecule has 0 spiro atoms. The van der Waals surface area contributed by atoms with Crippen LogP contribution in [0.3, 0.4) is 0 Å². The van der Waals surface area contributed by atoms with Crippen LogP contribution in [0.2, 0.25) is 0 Å². The molecule has 3 rings (SSSR count). The summed E-state index contributed by atoms with van der Waals surface area (Å²) in [6.45, 7) is 2.33. The summed E-state index contributed by atoms with van der Waals surface area (Å²) in [6, 6.07) is 9.34. The first kappa shape index (κ1) is 14.2. The lowest BCUT2D eigenvalue weighted by molar-refractivity contribution is -0.122. The fraction of sp³-hybridized carbons (Fsp3) is 0.250. The summed E-state index contributed by atoms with van der Waals surface area (Å²) in [5.41, 5.74) is 1.88. The first-order valence-corrected chi connectivity index (χ1v) is 7.09. The van der Waals surface area contributed by atoms with E-state index in [9.17, 15) is 9.59 Å². The van der Waals surface area contributed by atoms with Crippen LogP contribution in [0.5, 0.6) is 0 Å². The maximum absolute atomic E-state index is 12.3. The molecule has 1 N–H and O–H groups in total. The topological polar surface area (TPSA) is 75.2 Å². The molecule has 1 aliphatic heterocycles. The zero-order valence-electron chi connectivity index (χ0n) is 12.2. The number of hydrogen-bond acceptors (Lipinski definition) is 4. The maximum atomic E-state index is 12.3. The minimum Gasteiger partial charge on any atom is -0.311 e. The van der Waals surface area contributed by atoms with E-state index in [0.29, 0.717) is 6.54 Å². The Hall–Kier alpha value is -2.76. The molecular formula is C16H16N4O2. The van der Waals surface area contributed by atoms with Crippen LogP contribution >= 0.6 is 0 Å². The lowest BCUT2D eigenvalue weighted by atomic mass is 10.1. The molecule has 1 fully saturated rings. The first-order valence-electron chi connectivity index (χ1n) is 7.09. The van der Waals surface area contributed by atoms with Gasteiger partial charge in [-0.25, -0.2) is 9.97 Å². The van der Waals surface area contributed by atoms with Crippen molar-refractivity contribution in [2.75, 3.05) is 16.8 Å². The van der Waals surface area contributed by atoms with E-state index in [2.05, 4.69) is 15.3 Å². The van der Waals surface area contributed by atoms with Crippen LogP contribution in [-0.2, 0) is 9.59 Å². The van der Waals surface area contributed by atoms with Gasteiger partial charge in [-0.05, 0) is 24.6 Å². The fourth-order valence-electron chi connectivity index (χ4n) is 2.56. The number of nitrogens with one attached hydrogen (secondary N) is 1. The third kappa shape index (κ3) is 2.81. The maximum Gasteiger partial charge on any atom is 0.232 e. The van der Waals surface area contributed by atoms with E-state index in [-0.39, 0.29) is 24.2 Å². The molecule has 0 saturated carbocycles. The Kier molecular flexibility index (Phi) is 3.82. The summed E-state index contributed by atoms with van der Waals surface area (Å²) in [7, 11) is 0. The number of aromatic nitrogens is 2. The quantitative estimate of drug-likeness (QED) is 0.936. The number of amides is 2. The number of anilines is 2. The molecule has 1 aromatic carbocycles. The van der Waals surface area contributed by atoms with Gasteiger partial charge in [0.05, 0.1) is 5.92 Å². The highest BCUT2D eigenvalue weighted by molar-refractivity contribution is 6.03. The molecule has 2 heterocycles. The van der Waals surface area contributed by atoms with Crippen molar-refractivity contribution in [1.82, 2.24) is 9.97 Å². The summed E-state index contributed by atoms with van der Waals surface area (Å²) >= 11 is 0. The second-order valence-electron chi connectivity index (χ2n) is 5.25. The molecule has 0 radical (unpaired) electrons. The molecule has 0 unspecified atom stereocenters. The highest BCUT2D eigenvalue weighted by Gasteiger charge is 2.35. The third-order valence-corrected chi connectivity index (χ3v) is 3.70. The van der Waals surface area contributed by atoms with Crippen LogP contribution in [0.25, 0.3) is 0 Å². The van der Waals surface area contributed by atoms with Gasteiger partial charge >= 0.3 is 0 Å². The van der Waals surface area contributed by atoms with Gasteiger partial charge in [0.2, 0.25) is 17.8 Å². The first-order chi connectivity index (χ1) is 10.6. The predicted octanol–water partition coefficient (Wildman–Crippen LogP) is 1.78. The molecule has 0 bridgehead atoms. The van der Waals surface area contributed by atoms with Crippen LogP contribution in [-0.4, -0.2) is 28.3 Å². The molecule has 6 nitrogen and oxygen atoms in total. The number of rotatable bonds is 3. The van der Waals surface area contributed by atoms with Crippen molar-refractivity contribution < 1.29 is 9.59 Å². The van der Waals surface area contributed by atoms with Gasteiger partial charge in [0.1, 0.15) is 0 Å². The Labute approximate surface area is 128 Å². The van der Waals surface area contributed by atoms with E-state index in [0.717, 1.165) is 11.3 Å². The number of carbonyl (C=O) groups excluding carboxylic acids is 2. The molecular weight excluding hydrogens is 280 g/mol. The molecule has 2 aromatic rings. The van der Waals surface area contributed by atoms with Crippen LogP contribution in [0, 0.1) is 12.8 Å². The minimum atomic E-state index is -0.393. The number of nitrogens with zero attached hydrogens (tertiary/aromatic N) is 3. The van der Waals surface area contributed by atoms with Gasteiger partial charge in [-0.15, -0.1) is 0 Å². The lowest BCUT2D eigenvalue weighted by Crippen LogP contribution is -2.28. The van der Waals surface area contributed by atoms with Gasteiger partial charge in [0.25, 0.3) is 0 Å². The zero-order chi connectivity index (χ0) is 15.5. The second-order valence-corrected chi connectivity index (χ2v) is 5.25. The van der Waals surface area contributed by atoms with Crippen LogP contribution in [0.4, 0.5) is 11.6 Å². The summed E-state index contributed by atoms with van der Waals surface area (Å²) < 4.78 is 0. The van der Waals surface area contributed by atoms with E-state index >= 15 is 0 Å². The monoisotopic (exact) mass is 296 g/mol. The smallest absolute Gasteiger partial charge is 0.232 e. The molecule has 22 heavy (non-hydrogen) atoms. The number of para-hydroxylation sites is 1. The molecule has 1 atom stereocenters. The largest absolute Gasteiger partial charge is 0.311 e. The van der Waals surface area contributed by atoms with E-state index in [1.165, 1.54) is 0 Å². The van der Waals surface area contributed by atoms with Crippen LogP contribution in [0.15, 0.2) is 42.7 Å². The third-order valence-electron chi connectivity index (χ3n) is 3.70. The van der Waals surface area contributed by atoms with Gasteiger partial charge in [0, 0.05) is 31.0 Å². The molecule has 1 saturated heterocycles. The molecule has 6 heteroatoms. The normalized spacial score (nSPS) is 17.6. The van der Waals surface area contributed by atoms with Crippen molar-refractivity contribution in [3.05, 3.63) is 48.3 Å². The van der Waals surface area contributed by atoms with Crippen molar-refractivity contribution in [3.8, 4) is 0 Å². The van der Waals surface area contributed by atoms with Crippen molar-refractivity contribution >= 4 is 23.5 Å². The number of benzene rings is 1. The van der Waals surface area contributed by atoms with Gasteiger partial charge in [-0.3, -0.25) is 14.9 Å². The number of hydrogen-bond donors (Lipinski definition) is 1. The Morgan fingerprint density at radius 3 is 2.68 bits per heavy atom. The molecule has 2 amide bonds. The zero-order valence-corrected chi connectivity index (χ0v) is 12.2. The Balaban J connectivity index is 1.72. The fourth-order valence-corrected chi connectivity index (χ4v) is 2.56. The second kappa shape index (κ2) is 5.93. The molecule has 0 aliphatic carbocycles. The van der Waals surface area contributed by atoms with Crippen molar-refractivity contribution in [3.63, 3.8) is 0 Å². The Morgan fingerprint density at radius 2 is 1.95 bits per heavy atom. The van der Waals surface area contributed by atoms with Gasteiger partial charge in [0.15, 0.2) is 0 Å². The van der Waals surface area contributed by atoms with E-state index < -0.39 is 5.92 Å². The minimum absolute atomic E-state index is 0.0385. The van der Waals surface area contributed by atoms with Gasteiger partial charge < -0.3 is 4.90 Å². The number of carbonyl (C=O) groups is 2. The highest BCUT2D eigenvalue weighted by atomic mass is 16.2.